The number of nitrogens with zero attached hydrogens (tertiary/aromatic N) is 2. The molecular weight excluding hydrogens is 470 g/mol. The summed E-state index contributed by atoms with van der Waals surface area (Å²) in [5.41, 5.74) is 2.78. The SMILES string of the molecule is CCCCNC(=O)N(CCOC1CCCC(COCc2cccc(C)c2C(=O)O)C1)Cc1cccnc1. The molecule has 1 saturated carbocycles. The summed E-state index contributed by atoms with van der Waals surface area (Å²) in [5, 5.41) is 12.5. The summed E-state index contributed by atoms with van der Waals surface area (Å²) in [6.45, 7) is 6.94. The predicted octanol–water partition coefficient (Wildman–Crippen LogP) is 5.19. The quantitative estimate of drug-likeness (QED) is 0.339. The molecule has 2 aromatic rings. The normalized spacial score (nSPS) is 17.4. The van der Waals surface area contributed by atoms with E-state index < -0.39 is 5.97 Å². The van der Waals surface area contributed by atoms with Crippen molar-refractivity contribution in [2.24, 2.45) is 5.92 Å². The molecule has 2 N–H and O–H groups in total. The molecule has 0 radical (unpaired) electrons. The molecule has 8 nitrogen and oxygen atoms in total. The van der Waals surface area contributed by atoms with Gasteiger partial charge in [0.25, 0.3) is 0 Å². The fraction of sp³-hybridized carbons (Fsp3) is 0.552. The molecule has 0 spiro atoms. The zero-order chi connectivity index (χ0) is 26.5. The van der Waals surface area contributed by atoms with Crippen molar-refractivity contribution in [2.45, 2.75) is 71.6 Å². The van der Waals surface area contributed by atoms with Crippen molar-refractivity contribution in [2.75, 3.05) is 26.3 Å². The van der Waals surface area contributed by atoms with Gasteiger partial charge in [-0.2, -0.15) is 0 Å². The topological polar surface area (TPSA) is 101 Å². The van der Waals surface area contributed by atoms with Gasteiger partial charge < -0.3 is 24.8 Å². The highest BCUT2D eigenvalue weighted by molar-refractivity contribution is 5.91. The Morgan fingerprint density at radius 3 is 2.84 bits per heavy atom. The minimum atomic E-state index is -0.917. The smallest absolute Gasteiger partial charge is 0.336 e. The van der Waals surface area contributed by atoms with Crippen LogP contribution in [0.1, 0.15) is 72.5 Å². The molecule has 0 bridgehead atoms. The number of amides is 2. The molecule has 2 atom stereocenters. The number of pyridine rings is 1. The molecule has 1 heterocycles. The average molecular weight is 512 g/mol. The van der Waals surface area contributed by atoms with Gasteiger partial charge >= 0.3 is 12.0 Å². The largest absolute Gasteiger partial charge is 0.478 e. The van der Waals surface area contributed by atoms with Gasteiger partial charge in [0.1, 0.15) is 0 Å². The second-order valence-corrected chi connectivity index (χ2v) is 9.82. The van der Waals surface area contributed by atoms with Crippen LogP contribution in [0.15, 0.2) is 42.7 Å². The van der Waals surface area contributed by atoms with E-state index >= 15 is 0 Å². The summed E-state index contributed by atoms with van der Waals surface area (Å²) >= 11 is 0. The highest BCUT2D eigenvalue weighted by Crippen LogP contribution is 2.27. The molecule has 1 aromatic carbocycles. The van der Waals surface area contributed by atoms with Crippen molar-refractivity contribution < 1.29 is 24.2 Å². The van der Waals surface area contributed by atoms with Crippen LogP contribution in [0, 0.1) is 12.8 Å². The summed E-state index contributed by atoms with van der Waals surface area (Å²) in [6, 6.07) is 9.27. The minimum Gasteiger partial charge on any atom is -0.478 e. The van der Waals surface area contributed by atoms with E-state index in [-0.39, 0.29) is 12.1 Å². The highest BCUT2D eigenvalue weighted by atomic mass is 16.5. The van der Waals surface area contributed by atoms with Crippen molar-refractivity contribution in [3.8, 4) is 0 Å². The monoisotopic (exact) mass is 511 g/mol. The second-order valence-electron chi connectivity index (χ2n) is 9.82. The number of carbonyl (C=O) groups is 2. The van der Waals surface area contributed by atoms with Crippen LogP contribution in [0.2, 0.25) is 0 Å². The highest BCUT2D eigenvalue weighted by Gasteiger charge is 2.24. The molecule has 3 rings (SSSR count). The molecule has 1 aromatic heterocycles. The Morgan fingerprint density at radius 2 is 2.08 bits per heavy atom. The van der Waals surface area contributed by atoms with Gasteiger partial charge in [-0.25, -0.2) is 9.59 Å². The first kappa shape index (κ1) is 28.6. The first-order valence-corrected chi connectivity index (χ1v) is 13.4. The zero-order valence-electron chi connectivity index (χ0n) is 22.2. The number of unbranched alkanes of at least 4 members (excludes halogenated alkanes) is 1. The number of aromatic nitrogens is 1. The van der Waals surface area contributed by atoms with E-state index in [0.29, 0.717) is 56.5 Å². The summed E-state index contributed by atoms with van der Waals surface area (Å²) in [5.74, 6) is -0.542. The zero-order valence-corrected chi connectivity index (χ0v) is 22.2. The van der Waals surface area contributed by atoms with Gasteiger partial charge in [0.15, 0.2) is 0 Å². The Hall–Kier alpha value is -2.97. The molecule has 8 heteroatoms. The van der Waals surface area contributed by atoms with E-state index in [4.69, 9.17) is 9.47 Å². The maximum absolute atomic E-state index is 12.8. The number of carboxylic acid groups (broad SMARTS) is 1. The number of aryl methyl sites for hydroxylation is 1. The van der Waals surface area contributed by atoms with Crippen molar-refractivity contribution >= 4 is 12.0 Å². The van der Waals surface area contributed by atoms with Gasteiger partial charge in [-0.15, -0.1) is 0 Å². The number of benzene rings is 1. The van der Waals surface area contributed by atoms with E-state index in [2.05, 4.69) is 17.2 Å². The lowest BCUT2D eigenvalue weighted by molar-refractivity contribution is -0.0143. The van der Waals surface area contributed by atoms with Crippen LogP contribution in [0.5, 0.6) is 0 Å². The number of hydrogen-bond acceptors (Lipinski definition) is 5. The number of hydrogen-bond donors (Lipinski definition) is 2. The van der Waals surface area contributed by atoms with E-state index in [9.17, 15) is 14.7 Å². The van der Waals surface area contributed by atoms with Gasteiger partial charge in [-0.1, -0.05) is 44.0 Å². The number of carboxylic acids is 1. The Kier molecular flexibility index (Phi) is 11.8. The third kappa shape index (κ3) is 9.44. The predicted molar refractivity (Wildman–Crippen MR) is 142 cm³/mol. The Balaban J connectivity index is 1.45. The Morgan fingerprint density at radius 1 is 1.22 bits per heavy atom. The molecular formula is C29H41N3O5. The van der Waals surface area contributed by atoms with Gasteiger partial charge in [-0.3, -0.25) is 4.98 Å². The molecule has 1 aliphatic carbocycles. The fourth-order valence-corrected chi connectivity index (χ4v) is 4.81. The third-order valence-electron chi connectivity index (χ3n) is 6.82. The van der Waals surface area contributed by atoms with Crippen molar-refractivity contribution in [1.82, 2.24) is 15.2 Å². The van der Waals surface area contributed by atoms with Gasteiger partial charge in [0.05, 0.1) is 24.9 Å². The Bertz CT molecular complexity index is 985. The molecule has 0 saturated heterocycles. The number of rotatable bonds is 14. The maximum Gasteiger partial charge on any atom is 0.336 e. The molecule has 2 amide bonds. The summed E-state index contributed by atoms with van der Waals surface area (Å²) in [4.78, 5) is 30.3. The van der Waals surface area contributed by atoms with Crippen LogP contribution in [-0.4, -0.2) is 59.4 Å². The van der Waals surface area contributed by atoms with Crippen LogP contribution in [0.4, 0.5) is 4.79 Å². The lowest BCUT2D eigenvalue weighted by Crippen LogP contribution is -2.42. The number of ether oxygens (including phenoxy) is 2. The number of aromatic carboxylic acids is 1. The molecule has 1 fully saturated rings. The standard InChI is InChI=1S/C29H41N3O5/c1-3-4-14-31-29(35)32(19-24-10-7-13-30-18-24)15-16-37-26-12-6-9-23(17-26)20-36-21-25-11-5-8-22(2)27(25)28(33)34/h5,7-8,10-11,13,18,23,26H,3-4,6,9,12,14-17,19-21H2,1-2H3,(H,31,35)(H,33,34). The van der Waals surface area contributed by atoms with E-state index in [1.54, 1.807) is 17.3 Å². The first-order valence-electron chi connectivity index (χ1n) is 13.4. The van der Waals surface area contributed by atoms with Gasteiger partial charge in [0, 0.05) is 38.6 Å². The molecule has 37 heavy (non-hydrogen) atoms. The van der Waals surface area contributed by atoms with Gasteiger partial charge in [0.2, 0.25) is 0 Å². The average Bonchev–Trinajstić information content (AvgIpc) is 2.89. The number of nitrogens with one attached hydrogen (secondary N) is 1. The van der Waals surface area contributed by atoms with E-state index in [0.717, 1.165) is 49.7 Å². The van der Waals surface area contributed by atoms with Crippen LogP contribution in [0.25, 0.3) is 0 Å². The second kappa shape index (κ2) is 15.3. The van der Waals surface area contributed by atoms with Crippen molar-refractivity contribution in [1.29, 1.82) is 0 Å². The Labute approximate surface area is 220 Å². The summed E-state index contributed by atoms with van der Waals surface area (Å²) < 4.78 is 12.2. The number of carbonyl (C=O) groups excluding carboxylic acids is 1. The molecule has 1 aliphatic rings. The van der Waals surface area contributed by atoms with Crippen LogP contribution in [-0.2, 0) is 22.6 Å². The van der Waals surface area contributed by atoms with Crippen LogP contribution < -0.4 is 5.32 Å². The summed E-state index contributed by atoms with van der Waals surface area (Å²) in [6.07, 6.45) is 9.70. The number of urea groups is 1. The van der Waals surface area contributed by atoms with Crippen LogP contribution >= 0.6 is 0 Å². The molecule has 2 unspecified atom stereocenters. The van der Waals surface area contributed by atoms with Crippen LogP contribution in [0.3, 0.4) is 0 Å². The fourth-order valence-electron chi connectivity index (χ4n) is 4.81. The van der Waals surface area contributed by atoms with E-state index in [1.165, 1.54) is 0 Å². The lowest BCUT2D eigenvalue weighted by atomic mass is 9.88. The van der Waals surface area contributed by atoms with Crippen molar-refractivity contribution in [3.05, 3.63) is 65.0 Å². The third-order valence-corrected chi connectivity index (χ3v) is 6.82. The maximum atomic E-state index is 12.8. The van der Waals surface area contributed by atoms with E-state index in [1.807, 2.05) is 37.3 Å². The summed E-state index contributed by atoms with van der Waals surface area (Å²) in [7, 11) is 0. The lowest BCUT2D eigenvalue weighted by Gasteiger charge is -2.30. The molecule has 0 aliphatic heterocycles. The first-order chi connectivity index (χ1) is 18.0. The van der Waals surface area contributed by atoms with Crippen molar-refractivity contribution in [3.63, 3.8) is 0 Å². The molecule has 202 valence electrons. The minimum absolute atomic E-state index is 0.0762. The van der Waals surface area contributed by atoms with Gasteiger partial charge in [-0.05, 0) is 61.3 Å².